The minimum absolute atomic E-state index is 0.0966. The fourth-order valence-electron chi connectivity index (χ4n) is 3.70. The van der Waals surface area contributed by atoms with Gasteiger partial charge in [0.05, 0.1) is 19.7 Å². The summed E-state index contributed by atoms with van der Waals surface area (Å²) in [7, 11) is 1.68. The van der Waals surface area contributed by atoms with Gasteiger partial charge < -0.3 is 15.0 Å². The number of anilines is 1. The second-order valence-corrected chi connectivity index (χ2v) is 7.28. The van der Waals surface area contributed by atoms with Crippen LogP contribution in [0.5, 0.6) is 5.75 Å². The molecule has 1 fully saturated rings. The van der Waals surface area contributed by atoms with E-state index in [0.717, 1.165) is 44.8 Å². The maximum atomic E-state index is 12.6. The highest BCUT2D eigenvalue weighted by Gasteiger charge is 2.21. The molecule has 0 saturated carbocycles. The third kappa shape index (κ3) is 5.49. The Balaban J connectivity index is 1.48. The van der Waals surface area contributed by atoms with Crippen molar-refractivity contribution in [2.45, 2.75) is 25.8 Å². The van der Waals surface area contributed by atoms with Gasteiger partial charge in [-0.1, -0.05) is 43.7 Å². The number of ether oxygens (including phenoxy) is 1. The van der Waals surface area contributed by atoms with Crippen LogP contribution in [0.1, 0.15) is 31.4 Å². The number of carbonyl (C=O) groups is 1. The van der Waals surface area contributed by atoms with Crippen LogP contribution in [-0.2, 0) is 4.79 Å². The van der Waals surface area contributed by atoms with Crippen LogP contribution in [0, 0.1) is 0 Å². The minimum Gasteiger partial charge on any atom is -0.497 e. The maximum Gasteiger partial charge on any atom is 0.234 e. The number of amides is 1. The molecule has 3 rings (SSSR count). The number of piperazine rings is 1. The normalized spacial score (nSPS) is 15.9. The molecular formula is C23H31N3O2. The molecule has 150 valence electrons. The van der Waals surface area contributed by atoms with Crippen LogP contribution < -0.4 is 15.0 Å². The first-order valence-corrected chi connectivity index (χ1v) is 10.1. The van der Waals surface area contributed by atoms with Gasteiger partial charge >= 0.3 is 0 Å². The molecule has 1 atom stereocenters. The van der Waals surface area contributed by atoms with E-state index in [1.54, 1.807) is 7.11 Å². The van der Waals surface area contributed by atoms with Gasteiger partial charge in [-0.2, -0.15) is 0 Å². The third-order valence-electron chi connectivity index (χ3n) is 5.29. The summed E-state index contributed by atoms with van der Waals surface area (Å²) in [5, 5.41) is 3.23. The highest BCUT2D eigenvalue weighted by Crippen LogP contribution is 2.21. The molecule has 0 aliphatic carbocycles. The monoisotopic (exact) mass is 381 g/mol. The van der Waals surface area contributed by atoms with E-state index in [1.165, 1.54) is 11.3 Å². The van der Waals surface area contributed by atoms with Gasteiger partial charge in [0.25, 0.3) is 0 Å². The number of nitrogens with zero attached hydrogens (tertiary/aromatic N) is 2. The summed E-state index contributed by atoms with van der Waals surface area (Å²) in [5.74, 6) is 0.985. The Bertz CT molecular complexity index is 725. The van der Waals surface area contributed by atoms with Crippen molar-refractivity contribution in [3.05, 3.63) is 60.2 Å². The number of carbonyl (C=O) groups excluding carboxylic acids is 1. The average molecular weight is 382 g/mol. The van der Waals surface area contributed by atoms with E-state index in [2.05, 4.69) is 46.3 Å². The lowest BCUT2D eigenvalue weighted by atomic mass is 10.0. The molecule has 1 aliphatic heterocycles. The zero-order chi connectivity index (χ0) is 19.8. The van der Waals surface area contributed by atoms with Crippen molar-refractivity contribution in [2.24, 2.45) is 0 Å². The number of hydrogen-bond acceptors (Lipinski definition) is 4. The summed E-state index contributed by atoms with van der Waals surface area (Å²) in [5.41, 5.74) is 2.39. The zero-order valence-corrected chi connectivity index (χ0v) is 16.9. The first-order valence-electron chi connectivity index (χ1n) is 10.1. The van der Waals surface area contributed by atoms with Crippen molar-refractivity contribution >= 4 is 11.6 Å². The number of nitrogens with one attached hydrogen (secondary N) is 1. The molecule has 1 N–H and O–H groups in total. The lowest BCUT2D eigenvalue weighted by Gasteiger charge is -2.36. The lowest BCUT2D eigenvalue weighted by Crippen LogP contribution is -2.49. The smallest absolute Gasteiger partial charge is 0.234 e. The minimum atomic E-state index is 0.0966. The quantitative estimate of drug-likeness (QED) is 0.760. The van der Waals surface area contributed by atoms with Crippen molar-refractivity contribution in [3.8, 4) is 5.75 Å². The third-order valence-corrected chi connectivity index (χ3v) is 5.29. The molecule has 0 aromatic heterocycles. The summed E-state index contributed by atoms with van der Waals surface area (Å²) in [6, 6.07) is 18.5. The molecule has 28 heavy (non-hydrogen) atoms. The van der Waals surface area contributed by atoms with Crippen LogP contribution in [-0.4, -0.2) is 50.6 Å². The molecule has 5 nitrogen and oxygen atoms in total. The maximum absolute atomic E-state index is 12.6. The second-order valence-electron chi connectivity index (χ2n) is 7.28. The highest BCUT2D eigenvalue weighted by molar-refractivity contribution is 5.78. The SMILES string of the molecule is CCC[C@@H](NC(=O)CN1CCN(c2ccc(OC)cc2)CC1)c1ccccc1. The standard InChI is InChI=1S/C23H31N3O2/c1-3-7-22(19-8-5-4-6-9-19)24-23(27)18-25-14-16-26(17-15-25)20-10-12-21(28-2)13-11-20/h4-6,8-13,22H,3,7,14-18H2,1-2H3,(H,24,27)/t22-/m1/s1. The van der Waals surface area contributed by atoms with Crippen LogP contribution >= 0.6 is 0 Å². The molecule has 1 amide bonds. The second kappa shape index (κ2) is 10.1. The highest BCUT2D eigenvalue weighted by atomic mass is 16.5. The van der Waals surface area contributed by atoms with Crippen LogP contribution in [0.15, 0.2) is 54.6 Å². The summed E-state index contributed by atoms with van der Waals surface area (Å²) >= 11 is 0. The zero-order valence-electron chi connectivity index (χ0n) is 16.9. The van der Waals surface area contributed by atoms with Gasteiger partial charge in [-0.15, -0.1) is 0 Å². The fraction of sp³-hybridized carbons (Fsp3) is 0.435. The van der Waals surface area contributed by atoms with Crippen molar-refractivity contribution < 1.29 is 9.53 Å². The van der Waals surface area contributed by atoms with E-state index < -0.39 is 0 Å². The van der Waals surface area contributed by atoms with Crippen LogP contribution in [0.25, 0.3) is 0 Å². The Morgan fingerprint density at radius 2 is 1.71 bits per heavy atom. The molecule has 5 heteroatoms. The Hall–Kier alpha value is -2.53. The van der Waals surface area contributed by atoms with Crippen LogP contribution in [0.4, 0.5) is 5.69 Å². The Kier molecular flexibility index (Phi) is 7.31. The van der Waals surface area contributed by atoms with Gasteiger partial charge in [-0.05, 0) is 36.2 Å². The van der Waals surface area contributed by atoms with E-state index in [9.17, 15) is 4.79 Å². The Morgan fingerprint density at radius 3 is 2.32 bits per heavy atom. The molecule has 2 aromatic rings. The van der Waals surface area contributed by atoms with E-state index in [1.807, 2.05) is 30.3 Å². The van der Waals surface area contributed by atoms with Crippen molar-refractivity contribution in [2.75, 3.05) is 44.7 Å². The molecule has 1 aliphatic rings. The van der Waals surface area contributed by atoms with Gasteiger partial charge in [-0.25, -0.2) is 0 Å². The predicted molar refractivity (Wildman–Crippen MR) is 114 cm³/mol. The van der Waals surface area contributed by atoms with E-state index in [4.69, 9.17) is 4.74 Å². The van der Waals surface area contributed by atoms with E-state index >= 15 is 0 Å². The topological polar surface area (TPSA) is 44.8 Å². The summed E-state index contributed by atoms with van der Waals surface area (Å²) in [4.78, 5) is 17.2. The van der Waals surface area contributed by atoms with Crippen LogP contribution in [0.2, 0.25) is 0 Å². The first-order chi connectivity index (χ1) is 13.7. The van der Waals surface area contributed by atoms with Crippen molar-refractivity contribution in [3.63, 3.8) is 0 Å². The molecule has 2 aromatic carbocycles. The predicted octanol–water partition coefficient (Wildman–Crippen LogP) is 3.47. The summed E-state index contributed by atoms with van der Waals surface area (Å²) in [6.07, 6.45) is 2.00. The van der Waals surface area contributed by atoms with Crippen molar-refractivity contribution in [1.82, 2.24) is 10.2 Å². The largest absolute Gasteiger partial charge is 0.497 e. The molecule has 0 unspecified atom stereocenters. The molecular weight excluding hydrogens is 350 g/mol. The van der Waals surface area contributed by atoms with Gasteiger partial charge in [0.2, 0.25) is 5.91 Å². The van der Waals surface area contributed by atoms with Gasteiger partial charge in [0.1, 0.15) is 5.75 Å². The average Bonchev–Trinajstić information content (AvgIpc) is 2.75. The summed E-state index contributed by atoms with van der Waals surface area (Å²) in [6.45, 7) is 6.25. The molecule has 0 spiro atoms. The molecule has 1 heterocycles. The Labute approximate surface area is 168 Å². The van der Waals surface area contributed by atoms with Gasteiger partial charge in [0, 0.05) is 31.9 Å². The summed E-state index contributed by atoms with van der Waals surface area (Å²) < 4.78 is 5.23. The molecule has 1 saturated heterocycles. The first kappa shape index (κ1) is 20.2. The number of benzene rings is 2. The number of methoxy groups -OCH3 is 1. The lowest BCUT2D eigenvalue weighted by molar-refractivity contribution is -0.123. The van der Waals surface area contributed by atoms with Gasteiger partial charge in [-0.3, -0.25) is 9.69 Å². The van der Waals surface area contributed by atoms with E-state index in [-0.39, 0.29) is 11.9 Å². The van der Waals surface area contributed by atoms with Crippen molar-refractivity contribution in [1.29, 1.82) is 0 Å². The molecule has 0 radical (unpaired) electrons. The fourth-order valence-corrected chi connectivity index (χ4v) is 3.70. The number of rotatable bonds is 8. The van der Waals surface area contributed by atoms with Gasteiger partial charge in [0.15, 0.2) is 0 Å². The van der Waals surface area contributed by atoms with Crippen LogP contribution in [0.3, 0.4) is 0 Å². The Morgan fingerprint density at radius 1 is 1.04 bits per heavy atom. The van der Waals surface area contributed by atoms with E-state index in [0.29, 0.717) is 6.54 Å². The number of hydrogen-bond donors (Lipinski definition) is 1. The molecule has 0 bridgehead atoms.